The van der Waals surface area contributed by atoms with Crippen molar-refractivity contribution < 1.29 is 9.53 Å². The summed E-state index contributed by atoms with van der Waals surface area (Å²) in [4.78, 5) is 20.3. The molecule has 122 valence electrons. The van der Waals surface area contributed by atoms with Crippen molar-refractivity contribution in [1.29, 1.82) is 0 Å². The predicted molar refractivity (Wildman–Crippen MR) is 86.3 cm³/mol. The Kier molecular flexibility index (Phi) is 6.43. The molecule has 0 saturated heterocycles. The molecule has 1 aliphatic carbocycles. The van der Waals surface area contributed by atoms with E-state index in [9.17, 15) is 4.79 Å². The van der Waals surface area contributed by atoms with Crippen LogP contribution in [0.2, 0.25) is 0 Å². The summed E-state index contributed by atoms with van der Waals surface area (Å²) >= 11 is 5.60. The fourth-order valence-corrected chi connectivity index (χ4v) is 2.88. The van der Waals surface area contributed by atoms with Gasteiger partial charge in [0.2, 0.25) is 5.91 Å². The predicted octanol–water partition coefficient (Wildman–Crippen LogP) is 2.92. The number of amides is 1. The molecule has 0 spiro atoms. The summed E-state index contributed by atoms with van der Waals surface area (Å²) < 4.78 is 5.88. The largest absolute Gasteiger partial charge is 0.460 e. The smallest absolute Gasteiger partial charge is 0.317 e. The Bertz CT molecular complexity index is 482. The molecule has 0 radical (unpaired) electrons. The van der Waals surface area contributed by atoms with Gasteiger partial charge in [-0.3, -0.25) is 4.79 Å². The maximum atomic E-state index is 11.7. The number of rotatable bonds is 6. The zero-order chi connectivity index (χ0) is 15.9. The van der Waals surface area contributed by atoms with E-state index < -0.39 is 0 Å². The highest BCUT2D eigenvalue weighted by atomic mass is 35.5. The number of hydrogen-bond donors (Lipinski definition) is 1. The molecule has 1 aromatic heterocycles. The van der Waals surface area contributed by atoms with Crippen molar-refractivity contribution in [2.45, 2.75) is 64.5 Å². The minimum absolute atomic E-state index is 0.0997. The van der Waals surface area contributed by atoms with E-state index in [-0.39, 0.29) is 18.1 Å². The first-order valence-electron chi connectivity index (χ1n) is 7.91. The van der Waals surface area contributed by atoms with E-state index in [0.717, 1.165) is 43.5 Å². The third-order valence-corrected chi connectivity index (χ3v) is 4.08. The second kappa shape index (κ2) is 8.32. The number of nitrogens with zero attached hydrogens (tertiary/aromatic N) is 2. The van der Waals surface area contributed by atoms with E-state index in [0.29, 0.717) is 18.3 Å². The Morgan fingerprint density at radius 3 is 2.50 bits per heavy atom. The molecule has 1 aliphatic rings. The Morgan fingerprint density at radius 1 is 1.27 bits per heavy atom. The third kappa shape index (κ3) is 5.44. The molecule has 0 aromatic carbocycles. The first kappa shape index (κ1) is 17.0. The summed E-state index contributed by atoms with van der Waals surface area (Å²) in [5, 5.41) is 3.07. The molecule has 22 heavy (non-hydrogen) atoms. The van der Waals surface area contributed by atoms with Gasteiger partial charge in [0.25, 0.3) is 0 Å². The number of aromatic nitrogens is 2. The Hall–Kier alpha value is -1.36. The molecule has 1 saturated carbocycles. The number of carbonyl (C=O) groups is 1. The molecule has 2 rings (SSSR count). The van der Waals surface area contributed by atoms with E-state index in [1.54, 1.807) is 0 Å². The first-order valence-corrected chi connectivity index (χ1v) is 8.44. The topological polar surface area (TPSA) is 64.1 Å². The van der Waals surface area contributed by atoms with Gasteiger partial charge in [-0.25, -0.2) is 9.97 Å². The normalized spacial score (nSPS) is 21.4. The van der Waals surface area contributed by atoms with Crippen LogP contribution in [-0.4, -0.2) is 33.9 Å². The monoisotopic (exact) mass is 325 g/mol. The summed E-state index contributed by atoms with van der Waals surface area (Å²) in [6, 6.07) is 2.65. The van der Waals surface area contributed by atoms with E-state index in [1.165, 1.54) is 0 Å². The average Bonchev–Trinajstić information content (AvgIpc) is 2.46. The highest BCUT2D eigenvalue weighted by molar-refractivity contribution is 6.17. The van der Waals surface area contributed by atoms with E-state index in [1.807, 2.05) is 19.9 Å². The molecule has 5 nitrogen and oxygen atoms in total. The van der Waals surface area contributed by atoms with Gasteiger partial charge < -0.3 is 10.1 Å². The van der Waals surface area contributed by atoms with Gasteiger partial charge in [0.15, 0.2) is 0 Å². The number of alkyl halides is 1. The number of nitrogens with one attached hydrogen (secondary N) is 1. The van der Waals surface area contributed by atoms with Crippen molar-refractivity contribution in [1.82, 2.24) is 15.3 Å². The highest BCUT2D eigenvalue weighted by Gasteiger charge is 2.24. The van der Waals surface area contributed by atoms with Gasteiger partial charge in [0.1, 0.15) is 6.10 Å². The third-order valence-electron chi connectivity index (χ3n) is 3.81. The van der Waals surface area contributed by atoms with Gasteiger partial charge in [0, 0.05) is 29.7 Å². The second-order valence-electron chi connectivity index (χ2n) is 5.88. The van der Waals surface area contributed by atoms with Gasteiger partial charge in [-0.2, -0.15) is 0 Å². The van der Waals surface area contributed by atoms with Gasteiger partial charge in [-0.1, -0.05) is 0 Å². The SMILES string of the molecule is Cc1cc(C)nc(OC2CCC(NC(=O)CCCCl)CC2)n1. The van der Waals surface area contributed by atoms with Gasteiger partial charge >= 0.3 is 6.01 Å². The van der Waals surface area contributed by atoms with Crippen LogP contribution in [0.3, 0.4) is 0 Å². The van der Waals surface area contributed by atoms with Crippen LogP contribution in [0.5, 0.6) is 6.01 Å². The maximum absolute atomic E-state index is 11.7. The Balaban J connectivity index is 1.76. The zero-order valence-electron chi connectivity index (χ0n) is 13.3. The van der Waals surface area contributed by atoms with Crippen LogP contribution in [0, 0.1) is 13.8 Å². The van der Waals surface area contributed by atoms with Gasteiger partial charge in [-0.15, -0.1) is 11.6 Å². The number of ether oxygens (including phenoxy) is 1. The summed E-state index contributed by atoms with van der Waals surface area (Å²) in [6.45, 7) is 3.88. The lowest BCUT2D eigenvalue weighted by Gasteiger charge is -2.29. The molecule has 0 aliphatic heterocycles. The Morgan fingerprint density at radius 2 is 1.91 bits per heavy atom. The number of carbonyl (C=O) groups excluding carboxylic acids is 1. The van der Waals surface area contributed by atoms with Crippen molar-refractivity contribution in [2.24, 2.45) is 0 Å². The van der Waals surface area contributed by atoms with E-state index >= 15 is 0 Å². The molecular formula is C16H24ClN3O2. The van der Waals surface area contributed by atoms with Crippen molar-refractivity contribution in [3.8, 4) is 6.01 Å². The molecule has 6 heteroatoms. The molecule has 1 aromatic rings. The first-order chi connectivity index (χ1) is 10.6. The highest BCUT2D eigenvalue weighted by Crippen LogP contribution is 2.22. The average molecular weight is 326 g/mol. The lowest BCUT2D eigenvalue weighted by molar-refractivity contribution is -0.122. The standard InChI is InChI=1S/C16H24ClN3O2/c1-11-10-12(2)19-16(18-11)22-14-7-5-13(6-8-14)20-15(21)4-3-9-17/h10,13-14H,3-9H2,1-2H3,(H,20,21). The lowest BCUT2D eigenvalue weighted by atomic mass is 9.93. The summed E-state index contributed by atoms with van der Waals surface area (Å²) in [5.41, 5.74) is 1.84. The van der Waals surface area contributed by atoms with Crippen molar-refractivity contribution >= 4 is 17.5 Å². The summed E-state index contributed by atoms with van der Waals surface area (Å²) in [5.74, 6) is 0.631. The van der Waals surface area contributed by atoms with Crippen LogP contribution in [0.1, 0.15) is 49.9 Å². The van der Waals surface area contributed by atoms with Crippen molar-refractivity contribution in [2.75, 3.05) is 5.88 Å². The van der Waals surface area contributed by atoms with Crippen LogP contribution < -0.4 is 10.1 Å². The van der Waals surface area contributed by atoms with Crippen LogP contribution in [-0.2, 0) is 4.79 Å². The molecule has 1 fully saturated rings. The minimum atomic E-state index is 0.0997. The van der Waals surface area contributed by atoms with Crippen LogP contribution in [0.4, 0.5) is 0 Å². The summed E-state index contributed by atoms with van der Waals surface area (Å²) in [7, 11) is 0. The van der Waals surface area contributed by atoms with Crippen molar-refractivity contribution in [3.05, 3.63) is 17.5 Å². The molecule has 1 heterocycles. The quantitative estimate of drug-likeness (QED) is 0.817. The van der Waals surface area contributed by atoms with Gasteiger partial charge in [0.05, 0.1) is 0 Å². The van der Waals surface area contributed by atoms with Crippen LogP contribution >= 0.6 is 11.6 Å². The zero-order valence-corrected chi connectivity index (χ0v) is 14.0. The minimum Gasteiger partial charge on any atom is -0.460 e. The van der Waals surface area contributed by atoms with Crippen molar-refractivity contribution in [3.63, 3.8) is 0 Å². The summed E-state index contributed by atoms with van der Waals surface area (Å²) in [6.07, 6.45) is 5.07. The molecule has 1 N–H and O–H groups in total. The second-order valence-corrected chi connectivity index (χ2v) is 6.26. The molecular weight excluding hydrogens is 302 g/mol. The van der Waals surface area contributed by atoms with E-state index in [4.69, 9.17) is 16.3 Å². The molecule has 1 amide bonds. The van der Waals surface area contributed by atoms with Crippen LogP contribution in [0.15, 0.2) is 6.07 Å². The lowest BCUT2D eigenvalue weighted by Crippen LogP contribution is -2.39. The number of halogens is 1. The molecule has 0 bridgehead atoms. The van der Waals surface area contributed by atoms with Crippen LogP contribution in [0.25, 0.3) is 0 Å². The van der Waals surface area contributed by atoms with E-state index in [2.05, 4.69) is 15.3 Å². The molecule has 0 atom stereocenters. The maximum Gasteiger partial charge on any atom is 0.317 e. The Labute approximate surface area is 136 Å². The van der Waals surface area contributed by atoms with Gasteiger partial charge in [-0.05, 0) is 52.0 Å². The number of aryl methyl sites for hydroxylation is 2. The molecule has 0 unspecified atom stereocenters. The fourth-order valence-electron chi connectivity index (χ4n) is 2.75. The number of hydrogen-bond acceptors (Lipinski definition) is 4. The fraction of sp³-hybridized carbons (Fsp3) is 0.688.